The van der Waals surface area contributed by atoms with E-state index in [1.807, 2.05) is 0 Å². The van der Waals surface area contributed by atoms with Crippen LogP contribution in [0.2, 0.25) is 0 Å². The van der Waals surface area contributed by atoms with E-state index >= 15 is 8.78 Å². The molecule has 0 saturated heterocycles. The molecule has 0 amide bonds. The summed E-state index contributed by atoms with van der Waals surface area (Å²) in [6.45, 7) is 7.80. The van der Waals surface area contributed by atoms with Crippen LogP contribution in [0.1, 0.15) is 73.1 Å². The largest absolute Gasteiger partial charge is 0.509 e. The zero-order chi connectivity index (χ0) is 29.7. The summed E-state index contributed by atoms with van der Waals surface area (Å²) in [6, 6.07) is 0. The van der Waals surface area contributed by atoms with Gasteiger partial charge < -0.3 is 19.3 Å². The van der Waals surface area contributed by atoms with Gasteiger partial charge in [-0.1, -0.05) is 33.8 Å². The molecule has 9 atom stereocenters. The fourth-order valence-electron chi connectivity index (χ4n) is 8.27. The Morgan fingerprint density at radius 2 is 1.80 bits per heavy atom. The lowest BCUT2D eigenvalue weighted by atomic mass is 9.44. The van der Waals surface area contributed by atoms with Crippen LogP contribution in [-0.2, 0) is 28.6 Å². The Hall–Kier alpha value is -2.62. The van der Waals surface area contributed by atoms with Crippen LogP contribution >= 0.6 is 0 Å². The summed E-state index contributed by atoms with van der Waals surface area (Å²) in [5.74, 6) is -4.15. The molecule has 0 radical (unpaired) electrons. The van der Waals surface area contributed by atoms with E-state index in [1.165, 1.54) is 19.1 Å². The molecule has 0 unspecified atom stereocenters. The lowest BCUT2D eigenvalue weighted by Crippen LogP contribution is -2.71. The lowest BCUT2D eigenvalue weighted by Gasteiger charge is -2.63. The maximum atomic E-state index is 17.5. The van der Waals surface area contributed by atoms with Gasteiger partial charge in [0, 0.05) is 29.1 Å². The number of aliphatic hydroxyl groups is 1. The zero-order valence-electron chi connectivity index (χ0n) is 23.8. The van der Waals surface area contributed by atoms with Crippen molar-refractivity contribution in [3.05, 3.63) is 23.8 Å². The number of fused-ring (bicyclic) bond motifs is 5. The van der Waals surface area contributed by atoms with E-state index in [1.54, 1.807) is 27.7 Å². The summed E-state index contributed by atoms with van der Waals surface area (Å²) in [4.78, 5) is 51.0. The highest BCUT2D eigenvalue weighted by molar-refractivity contribution is 6.01. The number of alkyl halides is 2. The Labute approximate surface area is 233 Å². The van der Waals surface area contributed by atoms with Crippen LogP contribution in [0.4, 0.5) is 13.6 Å². The number of rotatable bonds is 8. The molecule has 3 fully saturated rings. The van der Waals surface area contributed by atoms with Gasteiger partial charge in [0.2, 0.25) is 5.78 Å². The number of esters is 1. The number of halogens is 2. The molecule has 222 valence electrons. The van der Waals surface area contributed by atoms with Crippen LogP contribution in [-0.4, -0.2) is 65.6 Å². The molecule has 0 spiro atoms. The average Bonchev–Trinajstić information content (AvgIpc) is 3.11. The number of Topliss-reactive ketones (excluding diaryl/α,β-unsaturated/α-hetero) is 1. The van der Waals surface area contributed by atoms with Crippen LogP contribution in [0.3, 0.4) is 0 Å². The molecule has 4 rings (SSSR count). The third kappa shape index (κ3) is 4.23. The minimum atomic E-state index is -2.35. The van der Waals surface area contributed by atoms with E-state index in [2.05, 4.69) is 0 Å². The Morgan fingerprint density at radius 1 is 1.10 bits per heavy atom. The molecule has 0 bridgehead atoms. The topological polar surface area (TPSA) is 116 Å². The lowest BCUT2D eigenvalue weighted by molar-refractivity contribution is -0.226. The molecule has 0 heterocycles. The van der Waals surface area contributed by atoms with Crippen LogP contribution in [0, 0.1) is 28.6 Å². The predicted molar refractivity (Wildman–Crippen MR) is 140 cm³/mol. The number of carbonyl (C=O) groups is 4. The molecule has 3 saturated carbocycles. The first-order valence-electron chi connectivity index (χ1n) is 14.2. The minimum Gasteiger partial charge on any atom is -0.457 e. The van der Waals surface area contributed by atoms with Crippen LogP contribution in [0.5, 0.6) is 0 Å². The number of carbonyl (C=O) groups excluding carboxylic acids is 4. The van der Waals surface area contributed by atoms with Gasteiger partial charge in [0.15, 0.2) is 23.7 Å². The van der Waals surface area contributed by atoms with Gasteiger partial charge in [0.1, 0.15) is 6.17 Å². The van der Waals surface area contributed by atoms with Crippen LogP contribution < -0.4 is 0 Å². The molecule has 0 aliphatic heterocycles. The van der Waals surface area contributed by atoms with Crippen molar-refractivity contribution >= 4 is 23.7 Å². The molecule has 8 nitrogen and oxygen atoms in total. The molecular formula is C30H40F2O8. The molecule has 1 N–H and O–H groups in total. The molecule has 40 heavy (non-hydrogen) atoms. The standard InChI is InChI=1S/C30H40F2O8/c1-6-8-25(36)39-16-24(35)30(40-26(37)38-11-7-2)17(3)12-19-20-14-22(31)21-13-18(33)9-10-27(21,4)29(20,32)23(34)15-28(19,30)5/h9-10,13,17,19-20,22-23,34H,6-8,11-12,14-16H2,1-5H3/t17-,19+,20+,22+,23+,27+,28+,29+,30+/m1/s1. The van der Waals surface area contributed by atoms with E-state index in [0.717, 1.165) is 6.08 Å². The number of hydrogen-bond acceptors (Lipinski definition) is 8. The summed E-state index contributed by atoms with van der Waals surface area (Å²) in [5, 5.41) is 11.6. The van der Waals surface area contributed by atoms with Crippen molar-refractivity contribution in [3.63, 3.8) is 0 Å². The van der Waals surface area contributed by atoms with Crippen molar-refractivity contribution in [3.8, 4) is 0 Å². The average molecular weight is 567 g/mol. The van der Waals surface area contributed by atoms with E-state index in [-0.39, 0.29) is 37.9 Å². The highest BCUT2D eigenvalue weighted by Gasteiger charge is 2.78. The SMILES string of the molecule is CCCOC(=O)O[C@]1(C(=O)COC(=O)CCC)[C@H](C)C[C@H]2[C@@H]3C[C@H](F)C4=CC(=O)C=C[C@]4(C)[C@@]3(F)[C@@H](O)C[C@@]21C. The molecule has 4 aliphatic rings. The molecule has 0 aromatic rings. The van der Waals surface area contributed by atoms with Crippen molar-refractivity contribution in [2.75, 3.05) is 13.2 Å². The summed E-state index contributed by atoms with van der Waals surface area (Å²) in [7, 11) is 0. The quantitative estimate of drug-likeness (QED) is 0.418. The molecule has 0 aromatic carbocycles. The molecule has 4 aliphatic carbocycles. The highest BCUT2D eigenvalue weighted by atomic mass is 19.1. The number of ketones is 2. The monoisotopic (exact) mass is 566 g/mol. The number of hydrogen-bond donors (Lipinski definition) is 1. The smallest absolute Gasteiger partial charge is 0.457 e. The zero-order valence-corrected chi connectivity index (χ0v) is 23.8. The fourth-order valence-corrected chi connectivity index (χ4v) is 8.27. The third-order valence-corrected chi connectivity index (χ3v) is 10.1. The maximum Gasteiger partial charge on any atom is 0.509 e. The van der Waals surface area contributed by atoms with Crippen molar-refractivity contribution in [2.24, 2.45) is 28.6 Å². The van der Waals surface area contributed by atoms with Gasteiger partial charge in [-0.15, -0.1) is 0 Å². The van der Waals surface area contributed by atoms with Gasteiger partial charge in [-0.05, 0) is 62.7 Å². The van der Waals surface area contributed by atoms with Crippen molar-refractivity contribution < 1.29 is 47.3 Å². The number of aliphatic hydroxyl groups excluding tert-OH is 1. The fraction of sp³-hybridized carbons (Fsp3) is 0.733. The predicted octanol–water partition coefficient (Wildman–Crippen LogP) is 4.77. The van der Waals surface area contributed by atoms with Gasteiger partial charge in [-0.2, -0.15) is 0 Å². The molecular weight excluding hydrogens is 526 g/mol. The Balaban J connectivity index is 1.79. The van der Waals surface area contributed by atoms with Crippen LogP contribution in [0.15, 0.2) is 23.8 Å². The van der Waals surface area contributed by atoms with E-state index < -0.39 is 82.4 Å². The summed E-state index contributed by atoms with van der Waals surface area (Å²) >= 11 is 0. The number of allylic oxidation sites excluding steroid dienone is 4. The van der Waals surface area contributed by atoms with E-state index in [9.17, 15) is 24.3 Å². The normalized spacial score (nSPS) is 41.8. The van der Waals surface area contributed by atoms with E-state index in [0.29, 0.717) is 12.8 Å². The first-order chi connectivity index (χ1) is 18.7. The van der Waals surface area contributed by atoms with Gasteiger partial charge in [-0.25, -0.2) is 13.6 Å². The van der Waals surface area contributed by atoms with Gasteiger partial charge in [0.05, 0.1) is 12.7 Å². The minimum absolute atomic E-state index is 0.00276. The van der Waals surface area contributed by atoms with Crippen molar-refractivity contribution in [1.82, 2.24) is 0 Å². The number of ether oxygens (including phenoxy) is 3. The summed E-state index contributed by atoms with van der Waals surface area (Å²) < 4.78 is 49.5. The highest BCUT2D eigenvalue weighted by Crippen LogP contribution is 2.71. The maximum absolute atomic E-state index is 17.5. The van der Waals surface area contributed by atoms with Crippen molar-refractivity contribution in [1.29, 1.82) is 0 Å². The first-order valence-corrected chi connectivity index (χ1v) is 14.2. The van der Waals surface area contributed by atoms with Crippen LogP contribution in [0.25, 0.3) is 0 Å². The Morgan fingerprint density at radius 3 is 2.45 bits per heavy atom. The summed E-state index contributed by atoms with van der Waals surface area (Å²) in [6.07, 6.45) is -0.0384. The van der Waals surface area contributed by atoms with E-state index in [4.69, 9.17) is 14.2 Å². The Bertz CT molecular complexity index is 1130. The second kappa shape index (κ2) is 10.7. The Kier molecular flexibility index (Phi) is 8.08. The molecule has 10 heteroatoms. The third-order valence-electron chi connectivity index (χ3n) is 10.1. The van der Waals surface area contributed by atoms with Gasteiger partial charge in [0.25, 0.3) is 0 Å². The summed E-state index contributed by atoms with van der Waals surface area (Å²) in [5.41, 5.74) is -7.19. The molecule has 0 aromatic heterocycles. The second-order valence-corrected chi connectivity index (χ2v) is 12.3. The van der Waals surface area contributed by atoms with Gasteiger partial charge in [-0.3, -0.25) is 14.4 Å². The van der Waals surface area contributed by atoms with Gasteiger partial charge >= 0.3 is 12.1 Å². The van der Waals surface area contributed by atoms with Crippen molar-refractivity contribution in [2.45, 2.75) is 96.7 Å². The second-order valence-electron chi connectivity index (χ2n) is 12.3. The first kappa shape index (κ1) is 30.3.